The molecule has 0 N–H and O–H groups in total. The molecule has 1 saturated heterocycles. The predicted octanol–water partition coefficient (Wildman–Crippen LogP) is 7.72. The molecule has 0 bridgehead atoms. The van der Waals surface area contributed by atoms with Crippen LogP contribution in [0, 0.1) is 11.8 Å². The molecule has 1 fully saturated rings. The zero-order valence-corrected chi connectivity index (χ0v) is 21.5. The van der Waals surface area contributed by atoms with Gasteiger partial charge in [0.25, 0.3) is 0 Å². The number of allylic oxidation sites excluding steroid dienone is 1. The zero-order valence-electron chi connectivity index (χ0n) is 20.6. The van der Waals surface area contributed by atoms with Gasteiger partial charge in [-0.3, -0.25) is 9.05 Å². The van der Waals surface area contributed by atoms with Gasteiger partial charge in [0, 0.05) is 6.42 Å². The van der Waals surface area contributed by atoms with E-state index in [4.69, 9.17) is 18.3 Å². The van der Waals surface area contributed by atoms with E-state index < -0.39 is 7.82 Å². The van der Waals surface area contributed by atoms with Gasteiger partial charge in [0.1, 0.15) is 12.4 Å². The van der Waals surface area contributed by atoms with Crippen LogP contribution in [0.5, 0.6) is 0 Å². The molecule has 0 amide bonds. The summed E-state index contributed by atoms with van der Waals surface area (Å²) in [4.78, 5) is 12.0. The van der Waals surface area contributed by atoms with Crippen molar-refractivity contribution in [3.8, 4) is 0 Å². The number of phosphoric ester groups is 1. The Hall–Kier alpha value is -0.840. The molecule has 0 aromatic heterocycles. The Labute approximate surface area is 195 Å². The zero-order chi connectivity index (χ0) is 23.2. The highest BCUT2D eigenvalue weighted by atomic mass is 31.2. The molecule has 2 aliphatic rings. The molecule has 0 aliphatic carbocycles. The van der Waals surface area contributed by atoms with Crippen molar-refractivity contribution >= 4 is 13.8 Å². The second kappa shape index (κ2) is 15.1. The van der Waals surface area contributed by atoms with Gasteiger partial charge in [0.2, 0.25) is 0 Å². The van der Waals surface area contributed by atoms with E-state index in [1.165, 1.54) is 64.2 Å². The molecule has 2 rings (SSSR count). The van der Waals surface area contributed by atoms with Crippen LogP contribution < -0.4 is 0 Å². The van der Waals surface area contributed by atoms with Gasteiger partial charge in [-0.25, -0.2) is 9.36 Å². The number of unbranched alkanes of at least 4 members (excludes halogenated alkanes) is 10. The van der Waals surface area contributed by atoms with Crippen LogP contribution in [0.25, 0.3) is 0 Å². The minimum Gasteiger partial charge on any atom is -0.461 e. The maximum Gasteiger partial charge on any atom is 0.529 e. The summed E-state index contributed by atoms with van der Waals surface area (Å²) in [5.41, 5.74) is 0.476. The van der Waals surface area contributed by atoms with Gasteiger partial charge < -0.3 is 9.26 Å². The number of esters is 1. The van der Waals surface area contributed by atoms with Gasteiger partial charge in [-0.2, -0.15) is 0 Å². The molecule has 2 aliphatic heterocycles. The largest absolute Gasteiger partial charge is 0.529 e. The lowest BCUT2D eigenvalue weighted by Gasteiger charge is -2.18. The molecule has 2 heterocycles. The number of phosphoric acid groups is 1. The molecular formula is C25H45O6P. The number of ether oxygens (including phenoxy) is 1. The summed E-state index contributed by atoms with van der Waals surface area (Å²) in [6, 6.07) is 0. The Morgan fingerprint density at radius 2 is 1.53 bits per heavy atom. The first kappa shape index (κ1) is 27.4. The Morgan fingerprint density at radius 1 is 0.938 bits per heavy atom. The maximum atomic E-state index is 13.0. The molecule has 0 saturated carbocycles. The van der Waals surface area contributed by atoms with E-state index >= 15 is 0 Å². The number of rotatable bonds is 17. The Morgan fingerprint density at radius 3 is 2.12 bits per heavy atom. The standard InChI is InChI=1S/C25H45O6P/c1-4-16-23-24-22(19-28-25(24)26)20-30-32(27,31-23)29-18-15-13-11-9-7-5-6-8-10-12-14-17-21(2)3/h21-22H,4-20H2,1-3H3/t22-,32-/m1/s1. The SMILES string of the molecule is CCCC1=C2C(=O)OC[C@@H]2CO[P@@](=O)(OCCCCCCCCCCCCCC(C)C)O1. The van der Waals surface area contributed by atoms with Crippen LogP contribution in [0.1, 0.15) is 111 Å². The van der Waals surface area contributed by atoms with Crippen LogP contribution in [-0.4, -0.2) is 25.8 Å². The number of hydrogen-bond acceptors (Lipinski definition) is 6. The Balaban J connectivity index is 1.53. The second-order valence-electron chi connectivity index (χ2n) is 9.62. The lowest BCUT2D eigenvalue weighted by molar-refractivity contribution is -0.135. The maximum absolute atomic E-state index is 13.0. The summed E-state index contributed by atoms with van der Waals surface area (Å²) in [7, 11) is -3.68. The summed E-state index contributed by atoms with van der Waals surface area (Å²) < 4.78 is 34.7. The van der Waals surface area contributed by atoms with Crippen molar-refractivity contribution in [3.63, 3.8) is 0 Å². The fourth-order valence-corrected chi connectivity index (χ4v) is 5.62. The molecular weight excluding hydrogens is 427 g/mol. The first-order chi connectivity index (χ1) is 15.4. The molecule has 0 aromatic rings. The summed E-state index contributed by atoms with van der Waals surface area (Å²) in [6.45, 7) is 7.31. The average Bonchev–Trinajstić information content (AvgIpc) is 3.05. The number of hydrogen-bond donors (Lipinski definition) is 0. The Kier molecular flexibility index (Phi) is 13.0. The van der Waals surface area contributed by atoms with Crippen LogP contribution in [-0.2, 0) is 27.7 Å². The summed E-state index contributed by atoms with van der Waals surface area (Å²) >= 11 is 0. The van der Waals surface area contributed by atoms with E-state index in [0.717, 1.165) is 25.2 Å². The van der Waals surface area contributed by atoms with E-state index in [-0.39, 0.29) is 25.1 Å². The normalized spacial score (nSPS) is 23.2. The van der Waals surface area contributed by atoms with Crippen molar-refractivity contribution in [2.24, 2.45) is 11.8 Å². The molecule has 32 heavy (non-hydrogen) atoms. The lowest BCUT2D eigenvalue weighted by Crippen LogP contribution is -2.10. The number of cyclic esters (lactones) is 1. The van der Waals surface area contributed by atoms with E-state index in [1.807, 2.05) is 6.92 Å². The lowest BCUT2D eigenvalue weighted by atomic mass is 10.0. The van der Waals surface area contributed by atoms with Crippen molar-refractivity contribution in [2.45, 2.75) is 111 Å². The van der Waals surface area contributed by atoms with Gasteiger partial charge >= 0.3 is 13.8 Å². The van der Waals surface area contributed by atoms with Crippen molar-refractivity contribution in [3.05, 3.63) is 11.3 Å². The third kappa shape index (κ3) is 9.97. The van der Waals surface area contributed by atoms with E-state index in [1.54, 1.807) is 0 Å². The predicted molar refractivity (Wildman–Crippen MR) is 127 cm³/mol. The summed E-state index contributed by atoms with van der Waals surface area (Å²) in [6.07, 6.45) is 16.5. The number of fused-ring (bicyclic) bond motifs is 1. The highest BCUT2D eigenvalue weighted by Crippen LogP contribution is 2.55. The first-order valence-electron chi connectivity index (χ1n) is 12.9. The summed E-state index contributed by atoms with van der Waals surface area (Å²) in [5, 5.41) is 0. The minimum absolute atomic E-state index is 0.128. The molecule has 0 aromatic carbocycles. The van der Waals surface area contributed by atoms with E-state index in [2.05, 4.69) is 13.8 Å². The fraction of sp³-hybridized carbons (Fsp3) is 0.880. The van der Waals surface area contributed by atoms with Crippen LogP contribution in [0.3, 0.4) is 0 Å². The highest BCUT2D eigenvalue weighted by molar-refractivity contribution is 7.48. The quantitative estimate of drug-likeness (QED) is 0.123. The average molecular weight is 473 g/mol. The van der Waals surface area contributed by atoms with Gasteiger partial charge in [0.15, 0.2) is 0 Å². The number of carbonyl (C=O) groups is 1. The molecule has 7 heteroatoms. The molecule has 0 spiro atoms. The smallest absolute Gasteiger partial charge is 0.461 e. The van der Waals surface area contributed by atoms with E-state index in [0.29, 0.717) is 24.4 Å². The van der Waals surface area contributed by atoms with Crippen LogP contribution in [0.4, 0.5) is 0 Å². The molecule has 0 radical (unpaired) electrons. The van der Waals surface area contributed by atoms with Crippen molar-refractivity contribution in [2.75, 3.05) is 19.8 Å². The fourth-order valence-electron chi connectivity index (χ4n) is 4.26. The monoisotopic (exact) mass is 472 g/mol. The number of carbonyl (C=O) groups excluding carboxylic acids is 1. The second-order valence-corrected chi connectivity index (χ2v) is 11.2. The first-order valence-corrected chi connectivity index (χ1v) is 14.4. The van der Waals surface area contributed by atoms with Crippen molar-refractivity contribution in [1.29, 1.82) is 0 Å². The van der Waals surface area contributed by atoms with Crippen LogP contribution in [0.2, 0.25) is 0 Å². The van der Waals surface area contributed by atoms with Gasteiger partial charge in [0.05, 0.1) is 24.7 Å². The molecule has 0 unspecified atom stereocenters. The van der Waals surface area contributed by atoms with E-state index in [9.17, 15) is 9.36 Å². The van der Waals surface area contributed by atoms with Crippen LogP contribution >= 0.6 is 7.82 Å². The minimum atomic E-state index is -3.68. The van der Waals surface area contributed by atoms with Crippen LogP contribution in [0.15, 0.2) is 11.3 Å². The molecule has 186 valence electrons. The van der Waals surface area contributed by atoms with Crippen molar-refractivity contribution < 1.29 is 27.7 Å². The highest BCUT2D eigenvalue weighted by Gasteiger charge is 2.43. The third-order valence-corrected chi connectivity index (χ3v) is 7.56. The molecule has 2 atom stereocenters. The van der Waals surface area contributed by atoms with Gasteiger partial charge in [-0.1, -0.05) is 91.4 Å². The topological polar surface area (TPSA) is 71.1 Å². The van der Waals surface area contributed by atoms with Gasteiger partial charge in [-0.05, 0) is 18.8 Å². The van der Waals surface area contributed by atoms with Gasteiger partial charge in [-0.15, -0.1) is 0 Å². The molecule has 6 nitrogen and oxygen atoms in total. The van der Waals surface area contributed by atoms with Crippen molar-refractivity contribution in [1.82, 2.24) is 0 Å². The summed E-state index contributed by atoms with van der Waals surface area (Å²) in [5.74, 6) is 0.649. The Bertz CT molecular complexity index is 630. The third-order valence-electron chi connectivity index (χ3n) is 6.15.